The number of aromatic carboxylic acids is 1. The van der Waals surface area contributed by atoms with E-state index in [-0.39, 0.29) is 23.8 Å². The summed E-state index contributed by atoms with van der Waals surface area (Å²) < 4.78 is 21.5. The van der Waals surface area contributed by atoms with Crippen LogP contribution < -0.4 is 4.74 Å². The van der Waals surface area contributed by atoms with Crippen molar-refractivity contribution in [3.05, 3.63) is 82.0 Å². The highest BCUT2D eigenvalue weighted by Crippen LogP contribution is 2.31. The second-order valence-electron chi connectivity index (χ2n) is 9.20. The van der Waals surface area contributed by atoms with Crippen LogP contribution in [0.2, 0.25) is 5.02 Å². The number of pyridine rings is 1. The number of nitrogens with zero attached hydrogens (tertiary/aromatic N) is 4. The summed E-state index contributed by atoms with van der Waals surface area (Å²) in [5.41, 5.74) is 2.21. The average molecular weight is 525 g/mol. The van der Waals surface area contributed by atoms with Gasteiger partial charge in [-0.25, -0.2) is 19.2 Å². The summed E-state index contributed by atoms with van der Waals surface area (Å²) in [6.45, 7) is 2.33. The monoisotopic (exact) mass is 524 g/mol. The number of aromatic nitrogens is 3. The molecular formula is C27H26ClFN4O4. The van der Waals surface area contributed by atoms with Gasteiger partial charge in [0.05, 0.1) is 12.1 Å². The largest absolute Gasteiger partial charge is 0.505 e. The Hall–Kier alpha value is -3.69. The van der Waals surface area contributed by atoms with E-state index in [9.17, 15) is 19.4 Å². The fourth-order valence-corrected chi connectivity index (χ4v) is 4.92. The third-order valence-corrected chi connectivity index (χ3v) is 7.07. The van der Waals surface area contributed by atoms with Crippen molar-refractivity contribution in [3.8, 4) is 11.6 Å². The molecule has 192 valence electrons. The van der Waals surface area contributed by atoms with E-state index in [0.717, 1.165) is 37.4 Å². The topological polar surface area (TPSA) is 101 Å². The van der Waals surface area contributed by atoms with Crippen LogP contribution in [0.25, 0.3) is 11.0 Å². The Kier molecular flexibility index (Phi) is 6.99. The maximum Gasteiger partial charge on any atom is 0.339 e. The lowest BCUT2D eigenvalue weighted by atomic mass is 9.93. The first-order valence-corrected chi connectivity index (χ1v) is 12.3. The number of carboxylic acids is 1. The lowest BCUT2D eigenvalue weighted by Crippen LogP contribution is -2.33. The van der Waals surface area contributed by atoms with E-state index in [1.54, 1.807) is 35.9 Å². The summed E-state index contributed by atoms with van der Waals surface area (Å²) in [6, 6.07) is 13.2. The van der Waals surface area contributed by atoms with Crippen LogP contribution in [0.5, 0.6) is 11.6 Å². The number of fused-ring (bicyclic) bond motifs is 1. The molecule has 0 spiro atoms. The lowest BCUT2D eigenvalue weighted by molar-refractivity contribution is 0.0694. The fourth-order valence-electron chi connectivity index (χ4n) is 4.76. The highest BCUT2D eigenvalue weighted by atomic mass is 35.5. The zero-order valence-electron chi connectivity index (χ0n) is 20.2. The predicted octanol–water partition coefficient (Wildman–Crippen LogP) is 5.12. The molecule has 0 saturated carbocycles. The van der Waals surface area contributed by atoms with Crippen LogP contribution in [0.1, 0.15) is 46.2 Å². The Balaban J connectivity index is 1.21. The van der Waals surface area contributed by atoms with Crippen LogP contribution in [-0.2, 0) is 20.2 Å². The number of imidazole rings is 1. The molecule has 2 aromatic heterocycles. The van der Waals surface area contributed by atoms with Gasteiger partial charge in [0.15, 0.2) is 5.75 Å². The molecule has 10 heteroatoms. The number of benzene rings is 2. The molecule has 37 heavy (non-hydrogen) atoms. The van der Waals surface area contributed by atoms with E-state index in [4.69, 9.17) is 16.3 Å². The van der Waals surface area contributed by atoms with Gasteiger partial charge < -0.3 is 19.5 Å². The number of aryl methyl sites for hydroxylation is 1. The van der Waals surface area contributed by atoms with Gasteiger partial charge in [-0.1, -0.05) is 23.7 Å². The van der Waals surface area contributed by atoms with Gasteiger partial charge in [-0.15, -0.1) is 0 Å². The molecule has 5 rings (SSSR count). The molecule has 0 aliphatic carbocycles. The number of phenols is 1. The Bertz CT molecular complexity index is 1470. The molecule has 0 unspecified atom stereocenters. The molecule has 1 aliphatic rings. The molecule has 4 aromatic rings. The standard InChI is InChI=1S/C27H26ClFN4O4/c1-32-23(30-22-8-7-19(27(35)36)26(34)25(22)32)14-33-11-9-16(10-12-33)21-3-2-4-24(31-21)37-15-17-5-6-18(28)13-20(17)29/h2-8,13,16,34H,9-12,14-15H2,1H3,(H,35,36). The number of ether oxygens (including phenoxy) is 1. The molecule has 3 heterocycles. The second kappa shape index (κ2) is 10.4. The number of halogens is 2. The van der Waals surface area contributed by atoms with Crippen LogP contribution >= 0.6 is 11.6 Å². The number of rotatable bonds is 7. The van der Waals surface area contributed by atoms with Crippen LogP contribution in [-0.4, -0.2) is 48.7 Å². The Labute approximate surface area is 217 Å². The smallest absolute Gasteiger partial charge is 0.339 e. The molecule has 1 aliphatic heterocycles. The van der Waals surface area contributed by atoms with Gasteiger partial charge in [0.25, 0.3) is 0 Å². The summed E-state index contributed by atoms with van der Waals surface area (Å²) in [5.74, 6) is -0.367. The van der Waals surface area contributed by atoms with Crippen molar-refractivity contribution < 1.29 is 24.1 Å². The molecule has 0 atom stereocenters. The maximum atomic E-state index is 14.0. The molecule has 0 radical (unpaired) electrons. The van der Waals surface area contributed by atoms with Crippen LogP contribution in [0.3, 0.4) is 0 Å². The Morgan fingerprint density at radius 3 is 2.68 bits per heavy atom. The van der Waals surface area contributed by atoms with Gasteiger partial charge in [0.1, 0.15) is 29.3 Å². The number of aromatic hydroxyl groups is 1. The van der Waals surface area contributed by atoms with E-state index in [0.29, 0.717) is 34.0 Å². The Morgan fingerprint density at radius 1 is 1.16 bits per heavy atom. The molecule has 2 aromatic carbocycles. The number of likely N-dealkylation sites (tertiary alicyclic amines) is 1. The summed E-state index contributed by atoms with van der Waals surface area (Å²) in [4.78, 5) is 22.9. The van der Waals surface area contributed by atoms with E-state index in [1.165, 1.54) is 12.1 Å². The van der Waals surface area contributed by atoms with Gasteiger partial charge in [-0.05, 0) is 56.3 Å². The summed E-state index contributed by atoms with van der Waals surface area (Å²) in [6.07, 6.45) is 1.81. The number of piperidine rings is 1. The third-order valence-electron chi connectivity index (χ3n) is 6.84. The van der Waals surface area contributed by atoms with E-state index in [1.807, 2.05) is 12.1 Å². The predicted molar refractivity (Wildman–Crippen MR) is 137 cm³/mol. The highest BCUT2D eigenvalue weighted by Gasteiger charge is 2.24. The second-order valence-corrected chi connectivity index (χ2v) is 9.63. The van der Waals surface area contributed by atoms with E-state index in [2.05, 4.69) is 14.9 Å². The molecule has 1 saturated heterocycles. The third kappa shape index (κ3) is 5.23. The van der Waals surface area contributed by atoms with Gasteiger partial charge in [-0.3, -0.25) is 4.90 Å². The van der Waals surface area contributed by atoms with Gasteiger partial charge >= 0.3 is 5.97 Å². The van der Waals surface area contributed by atoms with Gasteiger partial charge in [0, 0.05) is 35.3 Å². The van der Waals surface area contributed by atoms with Crippen molar-refractivity contribution in [3.63, 3.8) is 0 Å². The summed E-state index contributed by atoms with van der Waals surface area (Å²) in [5, 5.41) is 20.1. The minimum atomic E-state index is -1.18. The summed E-state index contributed by atoms with van der Waals surface area (Å²) >= 11 is 5.81. The van der Waals surface area contributed by atoms with Gasteiger partial charge in [-0.2, -0.15) is 0 Å². The first-order valence-electron chi connectivity index (χ1n) is 12.0. The minimum absolute atomic E-state index is 0.0689. The average Bonchev–Trinajstić information content (AvgIpc) is 3.19. The minimum Gasteiger partial charge on any atom is -0.505 e. The summed E-state index contributed by atoms with van der Waals surface area (Å²) in [7, 11) is 1.79. The zero-order valence-corrected chi connectivity index (χ0v) is 21.0. The van der Waals surface area contributed by atoms with E-state index < -0.39 is 11.8 Å². The molecule has 2 N–H and O–H groups in total. The number of carbonyl (C=O) groups is 1. The van der Waals surface area contributed by atoms with Gasteiger partial charge in [0.2, 0.25) is 5.88 Å². The van der Waals surface area contributed by atoms with Crippen molar-refractivity contribution >= 4 is 28.6 Å². The van der Waals surface area contributed by atoms with Crippen LogP contribution in [0.15, 0.2) is 48.5 Å². The zero-order chi connectivity index (χ0) is 26.1. The highest BCUT2D eigenvalue weighted by molar-refractivity contribution is 6.30. The fraction of sp³-hybridized carbons (Fsp3) is 0.296. The molecule has 8 nitrogen and oxygen atoms in total. The molecule has 1 fully saturated rings. The molecule has 0 amide bonds. The van der Waals surface area contributed by atoms with Crippen LogP contribution in [0, 0.1) is 5.82 Å². The van der Waals surface area contributed by atoms with Crippen molar-refractivity contribution in [2.45, 2.75) is 31.9 Å². The van der Waals surface area contributed by atoms with Crippen molar-refractivity contribution in [1.29, 1.82) is 0 Å². The number of hydrogen-bond acceptors (Lipinski definition) is 6. The Morgan fingerprint density at radius 2 is 1.95 bits per heavy atom. The van der Waals surface area contributed by atoms with Crippen LogP contribution in [0.4, 0.5) is 4.39 Å². The first kappa shape index (κ1) is 25.0. The SMILES string of the molecule is Cn1c(CN2CCC(c3cccc(OCc4ccc(Cl)cc4F)n3)CC2)nc2ccc(C(=O)O)c(O)c21. The molecule has 0 bridgehead atoms. The maximum absolute atomic E-state index is 14.0. The van der Waals surface area contributed by atoms with Crippen molar-refractivity contribution in [2.75, 3.05) is 13.1 Å². The normalized spacial score (nSPS) is 14.8. The number of hydrogen-bond donors (Lipinski definition) is 2. The van der Waals surface area contributed by atoms with E-state index >= 15 is 0 Å². The first-order chi connectivity index (χ1) is 17.8. The van der Waals surface area contributed by atoms with Crippen molar-refractivity contribution in [1.82, 2.24) is 19.4 Å². The number of carboxylic acid groups (broad SMARTS) is 1. The lowest BCUT2D eigenvalue weighted by Gasteiger charge is -2.31. The quantitative estimate of drug-likeness (QED) is 0.346. The molecular weight excluding hydrogens is 499 g/mol. The van der Waals surface area contributed by atoms with Crippen molar-refractivity contribution in [2.24, 2.45) is 7.05 Å².